The monoisotopic (exact) mass is 636 g/mol. The number of aromatic hydroxyl groups is 1. The fourth-order valence-corrected chi connectivity index (χ4v) is 7.69. The maximum Gasteiger partial charge on any atom is 0.255 e. The highest BCUT2D eigenvalue weighted by atomic mass is 16.3. The molecular formula is C38H44N4O5. The van der Waals surface area contributed by atoms with Gasteiger partial charge < -0.3 is 20.2 Å². The first-order valence-corrected chi connectivity index (χ1v) is 16.9. The molecular weight excluding hydrogens is 592 g/mol. The lowest BCUT2D eigenvalue weighted by Crippen LogP contribution is -2.65. The summed E-state index contributed by atoms with van der Waals surface area (Å²) in [6.07, 6.45) is 4.46. The molecule has 246 valence electrons. The molecule has 47 heavy (non-hydrogen) atoms. The van der Waals surface area contributed by atoms with E-state index < -0.39 is 40.9 Å². The number of hydrogen-bond donors (Lipinski definition) is 2. The maximum atomic E-state index is 15.3. The van der Waals surface area contributed by atoms with Gasteiger partial charge in [-0.3, -0.25) is 24.1 Å². The van der Waals surface area contributed by atoms with Crippen LogP contribution in [0.3, 0.4) is 0 Å². The van der Waals surface area contributed by atoms with Gasteiger partial charge in [0.05, 0.1) is 0 Å². The number of Topliss-reactive ketones (excluding diaryl/α,β-unsaturated/α-hetero) is 1. The van der Waals surface area contributed by atoms with Crippen LogP contribution in [0.4, 0.5) is 5.69 Å². The molecule has 0 aromatic heterocycles. The van der Waals surface area contributed by atoms with Crippen LogP contribution in [0.5, 0.6) is 5.75 Å². The molecule has 3 atom stereocenters. The first-order chi connectivity index (χ1) is 22.8. The average molecular weight is 637 g/mol. The minimum Gasteiger partial charge on any atom is -0.508 e. The number of para-hydroxylation sites is 1. The Hall–Kier alpha value is -4.50. The Morgan fingerprint density at radius 2 is 1.49 bits per heavy atom. The van der Waals surface area contributed by atoms with E-state index in [4.69, 9.17) is 0 Å². The average Bonchev–Trinajstić information content (AvgIpc) is 3.38. The highest BCUT2D eigenvalue weighted by Gasteiger charge is 2.70. The molecule has 1 aliphatic carbocycles. The number of carbonyl (C=O) groups excluding carboxylic acids is 4. The summed E-state index contributed by atoms with van der Waals surface area (Å²) in [4.78, 5) is 65.5. The first kappa shape index (κ1) is 32.4. The lowest BCUT2D eigenvalue weighted by atomic mass is 9.69. The number of ketones is 1. The normalized spacial score (nSPS) is 23.9. The van der Waals surface area contributed by atoms with Gasteiger partial charge in [0.25, 0.3) is 5.91 Å². The minimum absolute atomic E-state index is 0.180. The van der Waals surface area contributed by atoms with Gasteiger partial charge in [-0.15, -0.1) is 0 Å². The quantitative estimate of drug-likeness (QED) is 0.275. The summed E-state index contributed by atoms with van der Waals surface area (Å²) in [6, 6.07) is 21.9. The summed E-state index contributed by atoms with van der Waals surface area (Å²) < 4.78 is 0. The van der Waals surface area contributed by atoms with E-state index in [9.17, 15) is 9.90 Å². The number of phenols is 1. The smallest absolute Gasteiger partial charge is 0.255 e. The van der Waals surface area contributed by atoms with Gasteiger partial charge in [-0.25, -0.2) is 0 Å². The Balaban J connectivity index is 1.61. The van der Waals surface area contributed by atoms with Crippen LogP contribution in [0.25, 0.3) is 0 Å². The molecule has 3 amide bonds. The summed E-state index contributed by atoms with van der Waals surface area (Å²) in [6.45, 7) is 6.98. The molecule has 3 aliphatic rings. The van der Waals surface area contributed by atoms with Crippen molar-refractivity contribution in [3.63, 3.8) is 0 Å². The van der Waals surface area contributed by atoms with E-state index in [1.54, 1.807) is 65.6 Å². The van der Waals surface area contributed by atoms with Gasteiger partial charge in [0, 0.05) is 55.0 Å². The van der Waals surface area contributed by atoms with Crippen molar-refractivity contribution in [3.05, 3.63) is 95.6 Å². The molecule has 0 bridgehead atoms. The highest BCUT2D eigenvalue weighted by molar-refractivity contribution is 6.30. The number of nitrogens with zero attached hydrogens (tertiary/aromatic N) is 3. The van der Waals surface area contributed by atoms with E-state index >= 15 is 14.4 Å². The Labute approximate surface area is 276 Å². The van der Waals surface area contributed by atoms with Crippen LogP contribution in [-0.2, 0) is 14.4 Å². The standard InChI is InChI=1S/C38H44N4O5/c1-3-40-22-24-41(25-23-40)35(45)32-33(30-16-10-11-17-31(30)43)38(34(44)27-12-6-4-7-13-27,37(47)39-28-14-8-5-9-15-28)42(36(32)46)29-20-18-26(2)19-21-29/h4,6-7,10-13,16-21,28,32-33,43H,3,5,8-9,14-15,22-25H2,1-2H3,(H,39,47). The number of hydrogen-bond acceptors (Lipinski definition) is 6. The van der Waals surface area contributed by atoms with Crippen molar-refractivity contribution in [1.82, 2.24) is 15.1 Å². The molecule has 9 heteroatoms. The van der Waals surface area contributed by atoms with Crippen LogP contribution in [-0.4, -0.2) is 82.7 Å². The predicted octanol–water partition coefficient (Wildman–Crippen LogP) is 4.68. The summed E-state index contributed by atoms with van der Waals surface area (Å²) in [5, 5.41) is 14.6. The second-order valence-corrected chi connectivity index (χ2v) is 13.1. The Morgan fingerprint density at radius 3 is 2.13 bits per heavy atom. The number of piperazine rings is 1. The number of rotatable bonds is 8. The van der Waals surface area contributed by atoms with Gasteiger partial charge in [-0.1, -0.05) is 92.4 Å². The number of amides is 3. The summed E-state index contributed by atoms with van der Waals surface area (Å²) in [5.41, 5.74) is -0.485. The van der Waals surface area contributed by atoms with Crippen molar-refractivity contribution in [2.45, 2.75) is 63.5 Å². The van der Waals surface area contributed by atoms with E-state index in [0.717, 1.165) is 44.2 Å². The van der Waals surface area contributed by atoms with Crippen molar-refractivity contribution in [1.29, 1.82) is 0 Å². The fraction of sp³-hybridized carbons (Fsp3) is 0.421. The molecule has 1 saturated carbocycles. The lowest BCUT2D eigenvalue weighted by Gasteiger charge is -2.41. The molecule has 2 heterocycles. The summed E-state index contributed by atoms with van der Waals surface area (Å²) in [5.74, 6) is -5.22. The number of nitrogens with one attached hydrogen (secondary N) is 1. The van der Waals surface area contributed by atoms with Gasteiger partial charge in [0.1, 0.15) is 11.7 Å². The zero-order chi connectivity index (χ0) is 33.1. The van der Waals surface area contributed by atoms with Crippen molar-refractivity contribution in [3.8, 4) is 5.75 Å². The van der Waals surface area contributed by atoms with Crippen LogP contribution in [0.1, 0.15) is 66.4 Å². The van der Waals surface area contributed by atoms with Crippen LogP contribution < -0.4 is 10.2 Å². The maximum absolute atomic E-state index is 15.3. The van der Waals surface area contributed by atoms with Crippen LogP contribution in [0.2, 0.25) is 0 Å². The zero-order valence-corrected chi connectivity index (χ0v) is 27.2. The zero-order valence-electron chi connectivity index (χ0n) is 27.2. The molecule has 3 aromatic carbocycles. The molecule has 3 fully saturated rings. The molecule has 3 unspecified atom stereocenters. The molecule has 0 radical (unpaired) electrons. The van der Waals surface area contributed by atoms with Crippen molar-refractivity contribution >= 4 is 29.2 Å². The fourth-order valence-electron chi connectivity index (χ4n) is 7.69. The van der Waals surface area contributed by atoms with Crippen LogP contribution >= 0.6 is 0 Å². The number of anilines is 1. The van der Waals surface area contributed by atoms with Gasteiger partial charge in [-0.2, -0.15) is 0 Å². The predicted molar refractivity (Wildman–Crippen MR) is 180 cm³/mol. The third-order valence-corrected chi connectivity index (χ3v) is 10.3. The molecule has 3 aromatic rings. The second kappa shape index (κ2) is 13.7. The lowest BCUT2D eigenvalue weighted by molar-refractivity contribution is -0.141. The van der Waals surface area contributed by atoms with Gasteiger partial charge in [0.2, 0.25) is 11.8 Å². The minimum atomic E-state index is -2.21. The molecule has 0 spiro atoms. The van der Waals surface area contributed by atoms with Crippen LogP contribution in [0, 0.1) is 12.8 Å². The van der Waals surface area contributed by atoms with Crippen molar-refractivity contribution in [2.75, 3.05) is 37.6 Å². The van der Waals surface area contributed by atoms with Crippen molar-refractivity contribution < 1.29 is 24.3 Å². The van der Waals surface area contributed by atoms with E-state index in [0.29, 0.717) is 31.9 Å². The summed E-state index contributed by atoms with van der Waals surface area (Å²) >= 11 is 0. The topological polar surface area (TPSA) is 110 Å². The van der Waals surface area contributed by atoms with Gasteiger partial charge >= 0.3 is 0 Å². The molecule has 6 rings (SSSR count). The molecule has 2 N–H and O–H groups in total. The molecule has 9 nitrogen and oxygen atoms in total. The third kappa shape index (κ3) is 5.93. The van der Waals surface area contributed by atoms with Gasteiger partial charge in [-0.05, 0) is 44.5 Å². The second-order valence-electron chi connectivity index (χ2n) is 13.1. The van der Waals surface area contributed by atoms with E-state index in [1.807, 2.05) is 19.1 Å². The van der Waals surface area contributed by atoms with Crippen LogP contribution in [0.15, 0.2) is 78.9 Å². The number of benzene rings is 3. The number of phenolic OH excluding ortho intramolecular Hbond substituents is 1. The Bertz CT molecular complexity index is 1610. The Morgan fingerprint density at radius 1 is 0.851 bits per heavy atom. The molecule has 2 aliphatic heterocycles. The number of carbonyl (C=O) groups is 4. The first-order valence-electron chi connectivity index (χ1n) is 16.9. The summed E-state index contributed by atoms with van der Waals surface area (Å²) in [7, 11) is 0. The Kier molecular flexibility index (Phi) is 9.45. The highest BCUT2D eigenvalue weighted by Crippen LogP contribution is 2.53. The van der Waals surface area contributed by atoms with E-state index in [2.05, 4.69) is 17.1 Å². The number of aryl methyl sites for hydroxylation is 1. The van der Waals surface area contributed by atoms with Gasteiger partial charge in [0.15, 0.2) is 11.3 Å². The largest absolute Gasteiger partial charge is 0.508 e. The molecule has 2 saturated heterocycles. The third-order valence-electron chi connectivity index (χ3n) is 10.3. The van der Waals surface area contributed by atoms with Crippen molar-refractivity contribution in [2.24, 2.45) is 5.92 Å². The SMILES string of the molecule is CCN1CCN(C(=O)C2C(=O)N(c3ccc(C)cc3)C(C(=O)NC3CCCCC3)(C(=O)c3ccccc3)C2c2ccccc2O)CC1. The number of likely N-dealkylation sites (N-methyl/N-ethyl adjacent to an activating group) is 1. The van der Waals surface area contributed by atoms with E-state index in [-0.39, 0.29) is 22.9 Å². The van der Waals surface area contributed by atoms with E-state index in [1.165, 1.54) is 11.0 Å².